The van der Waals surface area contributed by atoms with Crippen LogP contribution in [0, 0.1) is 11.6 Å². The molecule has 0 spiro atoms. The van der Waals surface area contributed by atoms with Gasteiger partial charge in [-0.1, -0.05) is 0 Å². The second-order valence-corrected chi connectivity index (χ2v) is 6.40. The highest BCUT2D eigenvalue weighted by Crippen LogP contribution is 2.32. The fourth-order valence-electron chi connectivity index (χ4n) is 1.57. The van der Waals surface area contributed by atoms with E-state index in [9.17, 15) is 13.9 Å². The number of hydrazone groups is 1. The predicted molar refractivity (Wildman–Crippen MR) is 96.8 cm³/mol. The fraction of sp³-hybridized carbons (Fsp3) is 0. The Bertz CT molecular complexity index is 764. The molecule has 0 aromatic heterocycles. The second-order valence-electron chi connectivity index (χ2n) is 4.28. The van der Waals surface area contributed by atoms with Gasteiger partial charge in [-0.2, -0.15) is 5.10 Å². The van der Waals surface area contributed by atoms with Crippen LogP contribution in [0.1, 0.15) is 5.56 Å². The first-order chi connectivity index (χ1) is 10.9. The van der Waals surface area contributed by atoms with Crippen molar-refractivity contribution >= 4 is 61.1 Å². The third-order valence-corrected chi connectivity index (χ3v) is 4.00. The molecule has 23 heavy (non-hydrogen) atoms. The Balaban J connectivity index is 1.99. The number of rotatable bonds is 3. The topological polar surface area (TPSA) is 56.7 Å². The summed E-state index contributed by atoms with van der Waals surface area (Å²) in [6.07, 6.45) is 1.46. The number of thiocarbonyl (C=S) groups is 1. The van der Waals surface area contributed by atoms with Gasteiger partial charge in [-0.3, -0.25) is 5.43 Å². The largest absolute Gasteiger partial charge is 0.506 e. The van der Waals surface area contributed by atoms with Gasteiger partial charge in [-0.05, 0) is 73.9 Å². The average molecular weight is 465 g/mol. The average Bonchev–Trinajstić information content (AvgIpc) is 2.47. The van der Waals surface area contributed by atoms with E-state index in [2.05, 4.69) is 47.7 Å². The second kappa shape index (κ2) is 7.80. The Morgan fingerprint density at radius 1 is 1.17 bits per heavy atom. The van der Waals surface area contributed by atoms with E-state index in [0.29, 0.717) is 14.5 Å². The molecule has 0 saturated carbocycles. The van der Waals surface area contributed by atoms with Crippen LogP contribution in [-0.4, -0.2) is 16.4 Å². The predicted octanol–water partition coefficient (Wildman–Crippen LogP) is 4.52. The van der Waals surface area contributed by atoms with E-state index in [0.717, 1.165) is 12.1 Å². The van der Waals surface area contributed by atoms with Gasteiger partial charge in [0.2, 0.25) is 0 Å². The van der Waals surface area contributed by atoms with Gasteiger partial charge in [0.25, 0.3) is 0 Å². The summed E-state index contributed by atoms with van der Waals surface area (Å²) in [7, 11) is 0. The molecule has 0 heterocycles. The zero-order chi connectivity index (χ0) is 17.0. The molecule has 0 aliphatic heterocycles. The Kier molecular flexibility index (Phi) is 6.03. The lowest BCUT2D eigenvalue weighted by Gasteiger charge is -2.08. The Labute approximate surface area is 152 Å². The minimum Gasteiger partial charge on any atom is -0.506 e. The van der Waals surface area contributed by atoms with Crippen LogP contribution < -0.4 is 10.7 Å². The number of nitrogens with one attached hydrogen (secondary N) is 2. The lowest BCUT2D eigenvalue weighted by Crippen LogP contribution is -2.24. The highest BCUT2D eigenvalue weighted by Gasteiger charge is 2.06. The molecular weight excluding hydrogens is 456 g/mol. The molecule has 2 aromatic carbocycles. The van der Waals surface area contributed by atoms with Gasteiger partial charge in [-0.25, -0.2) is 8.78 Å². The Morgan fingerprint density at radius 2 is 1.83 bits per heavy atom. The smallest absolute Gasteiger partial charge is 0.191 e. The number of halogens is 4. The van der Waals surface area contributed by atoms with Gasteiger partial charge in [0.1, 0.15) is 17.4 Å². The zero-order valence-electron chi connectivity index (χ0n) is 11.3. The minimum atomic E-state index is -0.760. The molecule has 0 saturated heterocycles. The Morgan fingerprint density at radius 3 is 2.43 bits per heavy atom. The van der Waals surface area contributed by atoms with Crippen LogP contribution in [0.2, 0.25) is 0 Å². The van der Waals surface area contributed by atoms with Crippen molar-refractivity contribution in [3.05, 3.63) is 56.5 Å². The van der Waals surface area contributed by atoms with Crippen LogP contribution in [0.3, 0.4) is 0 Å². The van der Waals surface area contributed by atoms with Crippen molar-refractivity contribution in [1.29, 1.82) is 0 Å². The van der Waals surface area contributed by atoms with Crippen molar-refractivity contribution in [2.75, 3.05) is 5.32 Å². The van der Waals surface area contributed by atoms with E-state index in [1.807, 2.05) is 0 Å². The molecule has 0 aliphatic carbocycles. The number of phenolic OH excluding ortho intramolecular Hbond substituents is 1. The lowest BCUT2D eigenvalue weighted by atomic mass is 10.2. The number of nitrogens with zero attached hydrogens (tertiary/aromatic N) is 1. The molecule has 2 rings (SSSR count). The number of hydrogen-bond acceptors (Lipinski definition) is 3. The van der Waals surface area contributed by atoms with E-state index in [1.165, 1.54) is 12.3 Å². The first-order valence-electron chi connectivity index (χ1n) is 6.10. The van der Waals surface area contributed by atoms with Gasteiger partial charge >= 0.3 is 0 Å². The fourth-order valence-corrected chi connectivity index (χ4v) is 2.95. The maximum Gasteiger partial charge on any atom is 0.191 e. The number of benzene rings is 2. The molecular formula is C14H9Br2F2N3OS. The van der Waals surface area contributed by atoms with Crippen molar-refractivity contribution in [3.63, 3.8) is 0 Å². The summed E-state index contributed by atoms with van der Waals surface area (Å²) >= 11 is 11.4. The van der Waals surface area contributed by atoms with Crippen molar-refractivity contribution < 1.29 is 13.9 Å². The van der Waals surface area contributed by atoms with Crippen LogP contribution >= 0.6 is 44.1 Å². The summed E-state index contributed by atoms with van der Waals surface area (Å²) in [6.45, 7) is 0. The monoisotopic (exact) mass is 463 g/mol. The summed E-state index contributed by atoms with van der Waals surface area (Å²) in [5, 5.41) is 16.1. The lowest BCUT2D eigenvalue weighted by molar-refractivity contribution is 0.468. The Hall–Kier alpha value is -1.58. The number of aromatic hydroxyl groups is 1. The molecule has 9 heteroatoms. The van der Waals surface area contributed by atoms with E-state index in [4.69, 9.17) is 12.2 Å². The first-order valence-corrected chi connectivity index (χ1v) is 8.09. The number of hydrogen-bond donors (Lipinski definition) is 3. The number of phenols is 1. The summed E-state index contributed by atoms with van der Waals surface area (Å²) in [4.78, 5) is 0. The molecule has 0 aliphatic rings. The van der Waals surface area contributed by atoms with Crippen LogP contribution in [-0.2, 0) is 0 Å². The standard InChI is InChI=1S/C14H9Br2F2N3OS/c15-9-3-7(4-10(16)13(9)22)6-19-21-14(23)20-12-2-1-8(17)5-11(12)18/h1-6,22H,(H2,20,21,23)/b19-6+. The van der Waals surface area contributed by atoms with Crippen LogP contribution in [0.15, 0.2) is 44.4 Å². The van der Waals surface area contributed by atoms with E-state index >= 15 is 0 Å². The molecule has 0 bridgehead atoms. The summed E-state index contributed by atoms with van der Waals surface area (Å²) in [6, 6.07) is 6.40. The summed E-state index contributed by atoms with van der Waals surface area (Å²) < 4.78 is 27.3. The van der Waals surface area contributed by atoms with E-state index in [-0.39, 0.29) is 16.5 Å². The van der Waals surface area contributed by atoms with Crippen molar-refractivity contribution in [2.24, 2.45) is 5.10 Å². The summed E-state index contributed by atoms with van der Waals surface area (Å²) in [5.41, 5.74) is 3.23. The van der Waals surface area contributed by atoms with Gasteiger partial charge in [0, 0.05) is 6.07 Å². The first kappa shape index (κ1) is 17.8. The maximum atomic E-state index is 13.5. The molecule has 4 nitrogen and oxygen atoms in total. The van der Waals surface area contributed by atoms with Gasteiger partial charge in [0.15, 0.2) is 5.11 Å². The molecule has 0 atom stereocenters. The van der Waals surface area contributed by atoms with Gasteiger partial charge in [-0.15, -0.1) is 0 Å². The van der Waals surface area contributed by atoms with E-state index < -0.39 is 11.6 Å². The molecule has 0 amide bonds. The van der Waals surface area contributed by atoms with Crippen molar-refractivity contribution in [2.45, 2.75) is 0 Å². The third kappa shape index (κ3) is 4.95. The SMILES string of the molecule is Oc1c(Br)cc(/C=N/NC(=S)Nc2ccc(F)cc2F)cc1Br. The van der Waals surface area contributed by atoms with Crippen molar-refractivity contribution in [1.82, 2.24) is 5.43 Å². The van der Waals surface area contributed by atoms with Crippen LogP contribution in [0.4, 0.5) is 14.5 Å². The molecule has 0 fully saturated rings. The number of anilines is 1. The maximum absolute atomic E-state index is 13.5. The van der Waals surface area contributed by atoms with Crippen LogP contribution in [0.25, 0.3) is 0 Å². The van der Waals surface area contributed by atoms with Gasteiger partial charge in [0.05, 0.1) is 20.8 Å². The minimum absolute atomic E-state index is 0.0363. The summed E-state index contributed by atoms with van der Waals surface area (Å²) in [5.74, 6) is -1.35. The normalized spacial score (nSPS) is 10.8. The van der Waals surface area contributed by atoms with Crippen molar-refractivity contribution in [3.8, 4) is 5.75 Å². The van der Waals surface area contributed by atoms with Gasteiger partial charge < -0.3 is 10.4 Å². The highest BCUT2D eigenvalue weighted by atomic mass is 79.9. The van der Waals surface area contributed by atoms with E-state index in [1.54, 1.807) is 12.1 Å². The highest BCUT2D eigenvalue weighted by molar-refractivity contribution is 9.11. The molecule has 2 aromatic rings. The molecule has 0 radical (unpaired) electrons. The molecule has 3 N–H and O–H groups in total. The molecule has 120 valence electrons. The molecule has 0 unspecified atom stereocenters. The zero-order valence-corrected chi connectivity index (χ0v) is 15.3. The quantitative estimate of drug-likeness (QED) is 0.355. The van der Waals surface area contributed by atoms with Crippen LogP contribution in [0.5, 0.6) is 5.75 Å². The third-order valence-electron chi connectivity index (χ3n) is 2.60.